The van der Waals surface area contributed by atoms with Gasteiger partial charge in [0, 0.05) is 16.4 Å². The SMILES string of the molecule is CCCNCc1sc(-c2ccc(Cl)cc2OC)nc1CC. The molecule has 0 saturated carbocycles. The number of nitrogens with zero attached hydrogens (tertiary/aromatic N) is 1. The molecule has 0 atom stereocenters. The molecule has 5 heteroatoms. The van der Waals surface area contributed by atoms with Gasteiger partial charge in [0.15, 0.2) is 0 Å². The smallest absolute Gasteiger partial charge is 0.130 e. The van der Waals surface area contributed by atoms with E-state index in [1.807, 2.05) is 18.2 Å². The van der Waals surface area contributed by atoms with Crippen LogP contribution in [-0.2, 0) is 13.0 Å². The number of hydrogen-bond acceptors (Lipinski definition) is 4. The molecule has 3 nitrogen and oxygen atoms in total. The molecule has 0 aliphatic carbocycles. The summed E-state index contributed by atoms with van der Waals surface area (Å²) in [5.74, 6) is 0.770. The molecule has 1 aromatic heterocycles. The van der Waals surface area contributed by atoms with Crippen LogP contribution in [-0.4, -0.2) is 18.6 Å². The van der Waals surface area contributed by atoms with Crippen LogP contribution in [0.1, 0.15) is 30.8 Å². The predicted molar refractivity (Wildman–Crippen MR) is 90.5 cm³/mol. The summed E-state index contributed by atoms with van der Waals surface area (Å²) in [5, 5.41) is 5.11. The van der Waals surface area contributed by atoms with Crippen LogP contribution in [0.15, 0.2) is 18.2 Å². The second kappa shape index (κ2) is 7.78. The predicted octanol–water partition coefficient (Wildman–Crippen LogP) is 4.53. The Kier molecular flexibility index (Phi) is 6.03. The average Bonchev–Trinajstić information content (AvgIpc) is 2.90. The number of benzene rings is 1. The lowest BCUT2D eigenvalue weighted by atomic mass is 10.2. The van der Waals surface area contributed by atoms with Crippen molar-refractivity contribution in [2.75, 3.05) is 13.7 Å². The molecule has 0 aliphatic heterocycles. The van der Waals surface area contributed by atoms with Crippen molar-refractivity contribution < 1.29 is 4.74 Å². The second-order valence-corrected chi connectivity index (χ2v) is 6.28. The maximum atomic E-state index is 6.02. The van der Waals surface area contributed by atoms with Gasteiger partial charge < -0.3 is 10.1 Å². The first-order valence-electron chi connectivity index (χ1n) is 7.22. The van der Waals surface area contributed by atoms with Gasteiger partial charge in [-0.2, -0.15) is 0 Å². The monoisotopic (exact) mass is 324 g/mol. The molecule has 0 amide bonds. The highest BCUT2D eigenvalue weighted by atomic mass is 35.5. The van der Waals surface area contributed by atoms with Crippen molar-refractivity contribution in [2.45, 2.75) is 33.2 Å². The molecule has 1 heterocycles. The van der Waals surface area contributed by atoms with E-state index in [1.165, 1.54) is 4.88 Å². The van der Waals surface area contributed by atoms with Crippen LogP contribution >= 0.6 is 22.9 Å². The summed E-state index contributed by atoms with van der Waals surface area (Å²) in [5.41, 5.74) is 2.17. The van der Waals surface area contributed by atoms with E-state index in [0.717, 1.165) is 47.9 Å². The lowest BCUT2D eigenvalue weighted by Crippen LogP contribution is -2.13. The highest BCUT2D eigenvalue weighted by Crippen LogP contribution is 2.36. The lowest BCUT2D eigenvalue weighted by molar-refractivity contribution is 0.416. The Bertz CT molecular complexity index is 598. The number of aryl methyl sites for hydroxylation is 1. The number of rotatable bonds is 7. The van der Waals surface area contributed by atoms with Crippen LogP contribution in [0.25, 0.3) is 10.6 Å². The van der Waals surface area contributed by atoms with Gasteiger partial charge in [-0.15, -0.1) is 11.3 Å². The molecule has 0 bridgehead atoms. The van der Waals surface area contributed by atoms with E-state index in [4.69, 9.17) is 21.3 Å². The Hall–Kier alpha value is -1.10. The van der Waals surface area contributed by atoms with Crippen molar-refractivity contribution >= 4 is 22.9 Å². The van der Waals surface area contributed by atoms with Crippen molar-refractivity contribution in [1.82, 2.24) is 10.3 Å². The molecule has 114 valence electrons. The Labute approximate surface area is 135 Å². The third kappa shape index (κ3) is 3.96. The van der Waals surface area contributed by atoms with Gasteiger partial charge in [0.1, 0.15) is 10.8 Å². The number of aromatic nitrogens is 1. The summed E-state index contributed by atoms with van der Waals surface area (Å²) in [6.45, 7) is 6.22. The summed E-state index contributed by atoms with van der Waals surface area (Å²) < 4.78 is 5.43. The lowest BCUT2D eigenvalue weighted by Gasteiger charge is -2.06. The highest BCUT2D eigenvalue weighted by molar-refractivity contribution is 7.15. The molecular weight excluding hydrogens is 304 g/mol. The van der Waals surface area contributed by atoms with Crippen molar-refractivity contribution in [2.24, 2.45) is 0 Å². The maximum absolute atomic E-state index is 6.02. The summed E-state index contributed by atoms with van der Waals surface area (Å²) in [6.07, 6.45) is 2.08. The zero-order valence-electron chi connectivity index (χ0n) is 12.7. The number of methoxy groups -OCH3 is 1. The first-order chi connectivity index (χ1) is 10.2. The molecule has 1 aromatic carbocycles. The summed E-state index contributed by atoms with van der Waals surface area (Å²) in [4.78, 5) is 6.08. The minimum atomic E-state index is 0.674. The van der Waals surface area contributed by atoms with Gasteiger partial charge in [-0.1, -0.05) is 25.4 Å². The van der Waals surface area contributed by atoms with Crippen molar-refractivity contribution in [3.05, 3.63) is 33.8 Å². The van der Waals surface area contributed by atoms with Gasteiger partial charge in [0.25, 0.3) is 0 Å². The highest BCUT2D eigenvalue weighted by Gasteiger charge is 2.14. The summed E-state index contributed by atoms with van der Waals surface area (Å²) in [6, 6.07) is 5.68. The fourth-order valence-corrected chi connectivity index (χ4v) is 3.45. The van der Waals surface area contributed by atoms with E-state index < -0.39 is 0 Å². The number of halogens is 1. The molecule has 2 aromatic rings. The van der Waals surface area contributed by atoms with Gasteiger partial charge in [-0.3, -0.25) is 0 Å². The van der Waals surface area contributed by atoms with E-state index in [1.54, 1.807) is 18.4 Å². The zero-order chi connectivity index (χ0) is 15.2. The normalized spacial score (nSPS) is 10.9. The standard InChI is InChI=1S/C16H21ClN2OS/c1-4-8-18-10-15-13(5-2)19-16(21-15)12-7-6-11(17)9-14(12)20-3/h6-7,9,18H,4-5,8,10H2,1-3H3. The average molecular weight is 325 g/mol. The number of nitrogens with one attached hydrogen (secondary N) is 1. The molecule has 2 rings (SSSR count). The molecule has 0 saturated heterocycles. The van der Waals surface area contributed by atoms with Gasteiger partial charge >= 0.3 is 0 Å². The van der Waals surface area contributed by atoms with Crippen LogP contribution < -0.4 is 10.1 Å². The van der Waals surface area contributed by atoms with E-state index in [-0.39, 0.29) is 0 Å². The van der Waals surface area contributed by atoms with Crippen LogP contribution in [0, 0.1) is 0 Å². The van der Waals surface area contributed by atoms with Gasteiger partial charge in [-0.05, 0) is 37.6 Å². The topological polar surface area (TPSA) is 34.1 Å². The van der Waals surface area contributed by atoms with Crippen LogP contribution in [0.4, 0.5) is 0 Å². The van der Waals surface area contributed by atoms with E-state index in [2.05, 4.69) is 19.2 Å². The molecule has 0 aliphatic rings. The third-order valence-electron chi connectivity index (χ3n) is 3.22. The first kappa shape index (κ1) is 16.3. The van der Waals surface area contributed by atoms with Gasteiger partial charge in [0.05, 0.1) is 18.4 Å². The van der Waals surface area contributed by atoms with Gasteiger partial charge in [0.2, 0.25) is 0 Å². The zero-order valence-corrected chi connectivity index (χ0v) is 14.3. The van der Waals surface area contributed by atoms with Crippen molar-refractivity contribution in [3.8, 4) is 16.3 Å². The number of ether oxygens (including phenoxy) is 1. The number of hydrogen-bond donors (Lipinski definition) is 1. The largest absolute Gasteiger partial charge is 0.496 e. The van der Waals surface area contributed by atoms with Crippen LogP contribution in [0.3, 0.4) is 0 Å². The molecule has 0 unspecified atom stereocenters. The first-order valence-corrected chi connectivity index (χ1v) is 8.42. The quantitative estimate of drug-likeness (QED) is 0.759. The molecular formula is C16H21ClN2OS. The Morgan fingerprint density at radius 2 is 2.14 bits per heavy atom. The van der Waals surface area contributed by atoms with E-state index in [0.29, 0.717) is 5.02 Å². The summed E-state index contributed by atoms with van der Waals surface area (Å²) >= 11 is 7.75. The minimum absolute atomic E-state index is 0.674. The second-order valence-electron chi connectivity index (χ2n) is 4.76. The van der Waals surface area contributed by atoms with Crippen LogP contribution in [0.2, 0.25) is 5.02 Å². The summed E-state index contributed by atoms with van der Waals surface area (Å²) in [7, 11) is 1.66. The fraction of sp³-hybridized carbons (Fsp3) is 0.438. The molecule has 0 fully saturated rings. The molecule has 21 heavy (non-hydrogen) atoms. The van der Waals surface area contributed by atoms with Gasteiger partial charge in [-0.25, -0.2) is 4.98 Å². The fourth-order valence-electron chi connectivity index (χ4n) is 2.13. The van der Waals surface area contributed by atoms with Crippen LogP contribution in [0.5, 0.6) is 5.75 Å². The Morgan fingerprint density at radius 1 is 1.33 bits per heavy atom. The third-order valence-corrected chi connectivity index (χ3v) is 4.59. The maximum Gasteiger partial charge on any atom is 0.130 e. The molecule has 0 radical (unpaired) electrons. The Balaban J connectivity index is 2.32. The van der Waals surface area contributed by atoms with E-state index >= 15 is 0 Å². The molecule has 0 spiro atoms. The number of thiazole rings is 1. The Morgan fingerprint density at radius 3 is 2.81 bits per heavy atom. The van der Waals surface area contributed by atoms with E-state index in [9.17, 15) is 0 Å². The minimum Gasteiger partial charge on any atom is -0.496 e. The molecule has 1 N–H and O–H groups in total. The van der Waals surface area contributed by atoms with Crippen molar-refractivity contribution in [1.29, 1.82) is 0 Å². The van der Waals surface area contributed by atoms with Crippen molar-refractivity contribution in [3.63, 3.8) is 0 Å².